The molecule has 0 aliphatic heterocycles. The topological polar surface area (TPSA) is 62.0 Å². The molecule has 0 saturated heterocycles. The first-order valence-electron chi connectivity index (χ1n) is 3.70. The van der Waals surface area contributed by atoms with Gasteiger partial charge in [-0.1, -0.05) is 0 Å². The van der Waals surface area contributed by atoms with Crippen LogP contribution in [0, 0.1) is 0 Å². The van der Waals surface area contributed by atoms with E-state index < -0.39 is 0 Å². The summed E-state index contributed by atoms with van der Waals surface area (Å²) in [4.78, 5) is 24.9. The Hall–Kier alpha value is -1.23. The Kier molecular flexibility index (Phi) is 3.57. The quantitative estimate of drug-likeness (QED) is 0.749. The summed E-state index contributed by atoms with van der Waals surface area (Å²) in [6, 6.07) is 3.32. The van der Waals surface area contributed by atoms with Crippen LogP contribution in [0.3, 0.4) is 0 Å². The molecule has 0 aromatic carbocycles. The highest BCUT2D eigenvalue weighted by atomic mass is 32.2. The van der Waals surface area contributed by atoms with Gasteiger partial charge < -0.3 is 4.98 Å². The van der Waals surface area contributed by atoms with E-state index in [1.807, 2.05) is 0 Å². The molecule has 2 N–H and O–H groups in total. The summed E-state index contributed by atoms with van der Waals surface area (Å²) in [5.74, 6) is -0.358. The van der Waals surface area contributed by atoms with Gasteiger partial charge in [-0.25, -0.2) is 0 Å². The molecule has 5 heteroatoms. The molecule has 0 bridgehead atoms. The van der Waals surface area contributed by atoms with E-state index in [4.69, 9.17) is 0 Å². The molecule has 0 fully saturated rings. The molecule has 2 amide bonds. The lowest BCUT2D eigenvalue weighted by Crippen LogP contribution is -2.31. The summed E-state index contributed by atoms with van der Waals surface area (Å²) >= 11 is 1.37. The number of amides is 2. The van der Waals surface area contributed by atoms with Crippen LogP contribution in [-0.2, 0) is 4.79 Å². The second-order valence-corrected chi connectivity index (χ2v) is 3.26. The van der Waals surface area contributed by atoms with Crippen molar-refractivity contribution in [2.24, 2.45) is 0 Å². The molecule has 0 spiro atoms. The monoisotopic (exact) mass is 198 g/mol. The van der Waals surface area contributed by atoms with E-state index >= 15 is 0 Å². The van der Waals surface area contributed by atoms with Crippen molar-refractivity contribution in [3.63, 3.8) is 0 Å². The molecule has 70 valence electrons. The zero-order chi connectivity index (χ0) is 9.68. The maximum Gasteiger partial charge on any atom is 0.274 e. The summed E-state index contributed by atoms with van der Waals surface area (Å²) in [7, 11) is 0. The fourth-order valence-corrected chi connectivity index (χ4v) is 1.17. The summed E-state index contributed by atoms with van der Waals surface area (Å²) in [6.45, 7) is 0. The van der Waals surface area contributed by atoms with Gasteiger partial charge in [-0.2, -0.15) is 11.8 Å². The van der Waals surface area contributed by atoms with Crippen molar-refractivity contribution in [1.82, 2.24) is 10.3 Å². The highest BCUT2D eigenvalue weighted by molar-refractivity contribution is 7.99. The molecule has 1 aromatic heterocycles. The maximum atomic E-state index is 11.2. The molecule has 0 atom stereocenters. The molecule has 1 heterocycles. The third-order valence-corrected chi connectivity index (χ3v) is 1.92. The number of rotatable bonds is 3. The summed E-state index contributed by atoms with van der Waals surface area (Å²) in [6.07, 6.45) is 3.44. The van der Waals surface area contributed by atoms with Gasteiger partial charge in [0.2, 0.25) is 5.91 Å². The Labute approximate surface area is 80.1 Å². The van der Waals surface area contributed by atoms with Crippen LogP contribution in [-0.4, -0.2) is 28.8 Å². The van der Waals surface area contributed by atoms with Crippen molar-refractivity contribution in [2.45, 2.75) is 0 Å². The maximum absolute atomic E-state index is 11.2. The lowest BCUT2D eigenvalue weighted by Gasteiger charge is -1.99. The van der Waals surface area contributed by atoms with Gasteiger partial charge in [0.1, 0.15) is 5.69 Å². The first-order chi connectivity index (χ1) is 6.24. The van der Waals surface area contributed by atoms with Crippen LogP contribution < -0.4 is 5.32 Å². The number of aromatic amines is 1. The van der Waals surface area contributed by atoms with E-state index in [-0.39, 0.29) is 11.8 Å². The third-order valence-electron chi connectivity index (χ3n) is 1.37. The number of hydrogen-bond donors (Lipinski definition) is 2. The second-order valence-electron chi connectivity index (χ2n) is 2.39. The highest BCUT2D eigenvalue weighted by Crippen LogP contribution is 1.95. The predicted molar refractivity (Wildman–Crippen MR) is 51.6 cm³/mol. The molecule has 13 heavy (non-hydrogen) atoms. The van der Waals surface area contributed by atoms with E-state index in [0.29, 0.717) is 11.4 Å². The SMILES string of the molecule is CSCC(=O)NC(=O)c1ccc[nH]1. The molecular formula is C8H10N2O2S. The molecular weight excluding hydrogens is 188 g/mol. The van der Waals surface area contributed by atoms with Crippen molar-refractivity contribution in [1.29, 1.82) is 0 Å². The lowest BCUT2D eigenvalue weighted by atomic mass is 10.4. The summed E-state index contributed by atoms with van der Waals surface area (Å²) < 4.78 is 0. The van der Waals surface area contributed by atoms with E-state index in [1.54, 1.807) is 24.6 Å². The largest absolute Gasteiger partial charge is 0.357 e. The number of carbonyl (C=O) groups is 2. The van der Waals surface area contributed by atoms with Crippen LogP contribution in [0.4, 0.5) is 0 Å². The van der Waals surface area contributed by atoms with Crippen molar-refractivity contribution >= 4 is 23.6 Å². The van der Waals surface area contributed by atoms with Crippen LogP contribution in [0.2, 0.25) is 0 Å². The van der Waals surface area contributed by atoms with Crippen molar-refractivity contribution in [2.75, 3.05) is 12.0 Å². The minimum Gasteiger partial charge on any atom is -0.357 e. The molecule has 1 rings (SSSR count). The number of hydrogen-bond acceptors (Lipinski definition) is 3. The van der Waals surface area contributed by atoms with Crippen LogP contribution in [0.1, 0.15) is 10.5 Å². The van der Waals surface area contributed by atoms with Gasteiger partial charge in [-0.15, -0.1) is 0 Å². The van der Waals surface area contributed by atoms with Gasteiger partial charge in [0, 0.05) is 6.20 Å². The van der Waals surface area contributed by atoms with Gasteiger partial charge >= 0.3 is 0 Å². The molecule has 0 saturated carbocycles. The predicted octanol–water partition coefficient (Wildman–Crippen LogP) is 0.634. The van der Waals surface area contributed by atoms with Gasteiger partial charge in [-0.05, 0) is 18.4 Å². The third kappa shape index (κ3) is 2.95. The minimum absolute atomic E-state index is 0.271. The Morgan fingerprint density at radius 1 is 1.62 bits per heavy atom. The zero-order valence-corrected chi connectivity index (χ0v) is 7.98. The number of nitrogens with one attached hydrogen (secondary N) is 2. The smallest absolute Gasteiger partial charge is 0.274 e. The second kappa shape index (κ2) is 4.71. The highest BCUT2D eigenvalue weighted by Gasteiger charge is 2.09. The Balaban J connectivity index is 2.47. The number of carbonyl (C=O) groups excluding carboxylic acids is 2. The van der Waals surface area contributed by atoms with Crippen molar-refractivity contribution < 1.29 is 9.59 Å². The van der Waals surface area contributed by atoms with Crippen molar-refractivity contribution in [3.05, 3.63) is 24.0 Å². The summed E-state index contributed by atoms with van der Waals surface area (Å²) in [5, 5.41) is 2.25. The fourth-order valence-electron chi connectivity index (χ4n) is 0.833. The molecule has 0 unspecified atom stereocenters. The molecule has 0 radical (unpaired) electrons. The van der Waals surface area contributed by atoms with Crippen LogP contribution in [0.25, 0.3) is 0 Å². The Morgan fingerprint density at radius 2 is 2.38 bits per heavy atom. The standard InChI is InChI=1S/C8H10N2O2S/c1-13-5-7(11)10-8(12)6-3-2-4-9-6/h2-4,9H,5H2,1H3,(H,10,11,12). The molecule has 0 aliphatic rings. The number of aromatic nitrogens is 1. The average Bonchev–Trinajstić information content (AvgIpc) is 2.55. The van der Waals surface area contributed by atoms with E-state index in [9.17, 15) is 9.59 Å². The molecule has 0 aliphatic carbocycles. The van der Waals surface area contributed by atoms with Gasteiger partial charge in [0.05, 0.1) is 5.75 Å². The van der Waals surface area contributed by atoms with E-state index in [1.165, 1.54) is 11.8 Å². The number of imide groups is 1. The average molecular weight is 198 g/mol. The number of H-pyrrole nitrogens is 1. The molecule has 4 nitrogen and oxygen atoms in total. The normalized spacial score (nSPS) is 9.62. The van der Waals surface area contributed by atoms with Crippen LogP contribution >= 0.6 is 11.8 Å². The van der Waals surface area contributed by atoms with Gasteiger partial charge in [-0.3, -0.25) is 14.9 Å². The lowest BCUT2D eigenvalue weighted by molar-refractivity contribution is -0.117. The first kappa shape index (κ1) is 9.85. The zero-order valence-electron chi connectivity index (χ0n) is 7.16. The molecule has 1 aromatic rings. The van der Waals surface area contributed by atoms with Gasteiger partial charge in [0.25, 0.3) is 5.91 Å². The fraction of sp³-hybridized carbons (Fsp3) is 0.250. The number of thioether (sulfide) groups is 1. The van der Waals surface area contributed by atoms with Crippen molar-refractivity contribution in [3.8, 4) is 0 Å². The Bertz CT molecular complexity index is 295. The van der Waals surface area contributed by atoms with Gasteiger partial charge in [0.15, 0.2) is 0 Å². The van der Waals surface area contributed by atoms with Crippen LogP contribution in [0.5, 0.6) is 0 Å². The van der Waals surface area contributed by atoms with Crippen LogP contribution in [0.15, 0.2) is 18.3 Å². The van der Waals surface area contributed by atoms with E-state index in [2.05, 4.69) is 10.3 Å². The first-order valence-corrected chi connectivity index (χ1v) is 5.10. The minimum atomic E-state index is -0.385. The Morgan fingerprint density at radius 3 is 2.92 bits per heavy atom. The van der Waals surface area contributed by atoms with E-state index in [0.717, 1.165) is 0 Å². The summed E-state index contributed by atoms with van der Waals surface area (Å²) in [5.41, 5.74) is 0.398.